The fourth-order valence-corrected chi connectivity index (χ4v) is 2.22. The summed E-state index contributed by atoms with van der Waals surface area (Å²) in [4.78, 5) is 4.58. The second kappa shape index (κ2) is 4.57. The first-order valence-corrected chi connectivity index (χ1v) is 6.56. The molecule has 1 aromatic rings. The van der Waals surface area contributed by atoms with Gasteiger partial charge < -0.3 is 10.1 Å². The van der Waals surface area contributed by atoms with Crippen molar-refractivity contribution >= 4 is 6.21 Å². The zero-order valence-electron chi connectivity index (χ0n) is 11.3. The third kappa shape index (κ3) is 2.55. The Hall–Kier alpha value is -2.03. The highest BCUT2D eigenvalue weighted by atomic mass is 16.5. The van der Waals surface area contributed by atoms with E-state index in [9.17, 15) is 0 Å². The van der Waals surface area contributed by atoms with E-state index in [-0.39, 0.29) is 11.6 Å². The third-order valence-electron chi connectivity index (χ3n) is 3.26. The molecule has 2 heterocycles. The maximum absolute atomic E-state index is 5.67. The molecule has 3 nitrogen and oxygen atoms in total. The van der Waals surface area contributed by atoms with Gasteiger partial charge in [-0.2, -0.15) is 0 Å². The lowest BCUT2D eigenvalue weighted by Gasteiger charge is -2.15. The van der Waals surface area contributed by atoms with E-state index in [4.69, 9.17) is 4.74 Å². The number of dihydropyridines is 1. The van der Waals surface area contributed by atoms with Gasteiger partial charge in [0.1, 0.15) is 6.61 Å². The van der Waals surface area contributed by atoms with Gasteiger partial charge in [-0.25, -0.2) is 0 Å². The second-order valence-electron chi connectivity index (χ2n) is 5.57. The van der Waals surface area contributed by atoms with Crippen molar-refractivity contribution < 1.29 is 4.74 Å². The van der Waals surface area contributed by atoms with Gasteiger partial charge in [0.2, 0.25) is 0 Å². The van der Waals surface area contributed by atoms with Crippen LogP contribution in [0.25, 0.3) is 0 Å². The van der Waals surface area contributed by atoms with Crippen LogP contribution in [-0.2, 0) is 4.74 Å². The number of nitrogens with one attached hydrogen (secondary N) is 1. The SMILES string of the molecule is CC1(C)COC(=C2C=CC(c3ccccc3)N=C2)N1. The fraction of sp³-hybridized carbons (Fsp3) is 0.312. The summed E-state index contributed by atoms with van der Waals surface area (Å²) < 4.78 is 5.67. The quantitative estimate of drug-likeness (QED) is 0.836. The van der Waals surface area contributed by atoms with E-state index in [1.165, 1.54) is 5.56 Å². The molecule has 0 aromatic heterocycles. The van der Waals surface area contributed by atoms with Crippen molar-refractivity contribution in [3.8, 4) is 0 Å². The van der Waals surface area contributed by atoms with Crippen molar-refractivity contribution in [2.75, 3.05) is 6.61 Å². The molecule has 2 aliphatic heterocycles. The molecule has 98 valence electrons. The number of aliphatic imine (C=N–C) groups is 1. The molecule has 3 rings (SSSR count). The highest BCUT2D eigenvalue weighted by molar-refractivity contribution is 5.84. The summed E-state index contributed by atoms with van der Waals surface area (Å²) in [5.74, 6) is 0.830. The zero-order valence-corrected chi connectivity index (χ0v) is 11.3. The average molecular weight is 254 g/mol. The number of nitrogens with zero attached hydrogens (tertiary/aromatic N) is 1. The minimum atomic E-state index is 0.000290. The smallest absolute Gasteiger partial charge is 0.196 e. The first-order chi connectivity index (χ1) is 9.14. The van der Waals surface area contributed by atoms with Crippen LogP contribution in [0.3, 0.4) is 0 Å². The van der Waals surface area contributed by atoms with Crippen molar-refractivity contribution in [3.05, 3.63) is 59.5 Å². The van der Waals surface area contributed by atoms with Gasteiger partial charge in [0.25, 0.3) is 0 Å². The monoisotopic (exact) mass is 254 g/mol. The number of ether oxygens (including phenoxy) is 1. The maximum atomic E-state index is 5.67. The van der Waals surface area contributed by atoms with Gasteiger partial charge in [0.15, 0.2) is 5.88 Å². The minimum Gasteiger partial charge on any atom is -0.476 e. The predicted molar refractivity (Wildman–Crippen MR) is 77.0 cm³/mol. The molecule has 1 aromatic carbocycles. The Morgan fingerprint density at radius 1 is 1.26 bits per heavy atom. The first kappa shape index (κ1) is 12.0. The van der Waals surface area contributed by atoms with Gasteiger partial charge >= 0.3 is 0 Å². The van der Waals surface area contributed by atoms with E-state index < -0.39 is 0 Å². The molecule has 1 atom stereocenters. The summed E-state index contributed by atoms with van der Waals surface area (Å²) in [6.45, 7) is 4.93. The Kier molecular flexibility index (Phi) is 2.90. The average Bonchev–Trinajstić information content (AvgIpc) is 2.80. The predicted octanol–water partition coefficient (Wildman–Crippen LogP) is 2.98. The molecule has 19 heavy (non-hydrogen) atoms. The number of rotatable bonds is 1. The lowest BCUT2D eigenvalue weighted by atomic mass is 10.0. The normalized spacial score (nSPS) is 28.0. The van der Waals surface area contributed by atoms with E-state index in [0.29, 0.717) is 6.61 Å². The molecular weight excluding hydrogens is 236 g/mol. The summed E-state index contributed by atoms with van der Waals surface area (Å²) in [5, 5.41) is 3.37. The molecule has 3 heteroatoms. The van der Waals surface area contributed by atoms with Crippen LogP contribution < -0.4 is 5.32 Å². The molecular formula is C16H18N2O. The van der Waals surface area contributed by atoms with E-state index in [2.05, 4.69) is 48.4 Å². The molecule has 1 unspecified atom stereocenters. The summed E-state index contributed by atoms with van der Waals surface area (Å²) in [5.41, 5.74) is 2.22. The van der Waals surface area contributed by atoms with Crippen LogP contribution in [0.1, 0.15) is 25.5 Å². The zero-order chi connectivity index (χ0) is 13.3. The van der Waals surface area contributed by atoms with Crippen LogP contribution in [0.4, 0.5) is 0 Å². The Labute approximate surface area is 113 Å². The van der Waals surface area contributed by atoms with Crippen molar-refractivity contribution in [3.63, 3.8) is 0 Å². The molecule has 0 amide bonds. The van der Waals surface area contributed by atoms with Crippen molar-refractivity contribution in [2.45, 2.75) is 25.4 Å². The summed E-state index contributed by atoms with van der Waals surface area (Å²) >= 11 is 0. The van der Waals surface area contributed by atoms with Crippen molar-refractivity contribution in [2.24, 2.45) is 4.99 Å². The first-order valence-electron chi connectivity index (χ1n) is 6.56. The van der Waals surface area contributed by atoms with Crippen LogP contribution in [0.2, 0.25) is 0 Å². The van der Waals surface area contributed by atoms with Crippen molar-refractivity contribution in [1.29, 1.82) is 0 Å². The van der Waals surface area contributed by atoms with Crippen LogP contribution >= 0.6 is 0 Å². The molecule has 0 saturated carbocycles. The van der Waals surface area contributed by atoms with Crippen molar-refractivity contribution in [1.82, 2.24) is 5.32 Å². The highest BCUT2D eigenvalue weighted by Gasteiger charge is 2.29. The number of benzene rings is 1. The standard InChI is InChI=1S/C16H18N2O/c1-16(2)11-19-15(18-16)13-8-9-14(17-10-13)12-6-4-3-5-7-12/h3-10,14,18H,11H2,1-2H3. The van der Waals surface area contributed by atoms with E-state index in [1.807, 2.05) is 24.4 Å². The molecule has 0 aliphatic carbocycles. The third-order valence-corrected chi connectivity index (χ3v) is 3.26. The molecule has 0 radical (unpaired) electrons. The van der Waals surface area contributed by atoms with Crippen LogP contribution in [0.5, 0.6) is 0 Å². The van der Waals surface area contributed by atoms with Gasteiger partial charge in [-0.1, -0.05) is 36.4 Å². The van der Waals surface area contributed by atoms with E-state index >= 15 is 0 Å². The van der Waals surface area contributed by atoms with Gasteiger partial charge in [-0.05, 0) is 25.5 Å². The minimum absolute atomic E-state index is 0.000290. The summed E-state index contributed by atoms with van der Waals surface area (Å²) in [6, 6.07) is 10.4. The molecule has 0 bridgehead atoms. The number of allylic oxidation sites excluding steroid dienone is 2. The van der Waals surface area contributed by atoms with E-state index in [1.54, 1.807) is 0 Å². The Morgan fingerprint density at radius 2 is 2.05 bits per heavy atom. The summed E-state index contributed by atoms with van der Waals surface area (Å²) in [6.07, 6.45) is 6.07. The number of hydrogen-bond acceptors (Lipinski definition) is 3. The van der Waals surface area contributed by atoms with E-state index in [0.717, 1.165) is 11.5 Å². The molecule has 2 aliphatic rings. The maximum Gasteiger partial charge on any atom is 0.196 e. The Bertz CT molecular complexity index is 539. The Balaban J connectivity index is 1.79. The number of hydrogen-bond donors (Lipinski definition) is 1. The lowest BCUT2D eigenvalue weighted by molar-refractivity contribution is 0.236. The second-order valence-corrected chi connectivity index (χ2v) is 5.57. The lowest BCUT2D eigenvalue weighted by Crippen LogP contribution is -2.34. The van der Waals surface area contributed by atoms with Gasteiger partial charge in [-0.3, -0.25) is 4.99 Å². The largest absolute Gasteiger partial charge is 0.476 e. The molecule has 1 fully saturated rings. The topological polar surface area (TPSA) is 33.6 Å². The molecule has 1 N–H and O–H groups in total. The summed E-state index contributed by atoms with van der Waals surface area (Å²) in [7, 11) is 0. The fourth-order valence-electron chi connectivity index (χ4n) is 2.22. The molecule has 0 spiro atoms. The molecule has 1 saturated heterocycles. The van der Waals surface area contributed by atoms with Gasteiger partial charge in [-0.15, -0.1) is 0 Å². The van der Waals surface area contributed by atoms with Gasteiger partial charge in [0, 0.05) is 6.21 Å². The van der Waals surface area contributed by atoms with Crippen LogP contribution in [0.15, 0.2) is 58.9 Å². The highest BCUT2D eigenvalue weighted by Crippen LogP contribution is 2.25. The Morgan fingerprint density at radius 3 is 2.63 bits per heavy atom. The van der Waals surface area contributed by atoms with Crippen LogP contribution in [0, 0.1) is 0 Å². The van der Waals surface area contributed by atoms with Gasteiger partial charge in [0.05, 0.1) is 17.2 Å². The van der Waals surface area contributed by atoms with Crippen LogP contribution in [-0.4, -0.2) is 18.4 Å².